The van der Waals surface area contributed by atoms with Gasteiger partial charge in [0.2, 0.25) is 0 Å². The molecule has 8 heteroatoms. The van der Waals surface area contributed by atoms with Gasteiger partial charge >= 0.3 is 18.3 Å². The van der Waals surface area contributed by atoms with E-state index in [0.717, 1.165) is 0 Å². The predicted molar refractivity (Wildman–Crippen MR) is 118 cm³/mol. The van der Waals surface area contributed by atoms with Gasteiger partial charge in [-0.15, -0.1) is 0 Å². The van der Waals surface area contributed by atoms with Crippen LogP contribution in [0.3, 0.4) is 0 Å². The second-order valence-corrected chi connectivity index (χ2v) is 6.83. The first kappa shape index (κ1) is 39.7. The minimum Gasteiger partial charge on any atom is -0.442 e. The summed E-state index contributed by atoms with van der Waals surface area (Å²) in [6.45, 7) is 8.35. The van der Waals surface area contributed by atoms with Crippen molar-refractivity contribution < 1.29 is 35.9 Å². The summed E-state index contributed by atoms with van der Waals surface area (Å²) in [6, 6.07) is 10.6. The van der Waals surface area contributed by atoms with Gasteiger partial charge in [0.1, 0.15) is 0 Å². The van der Waals surface area contributed by atoms with E-state index in [2.05, 4.69) is 48.9 Å². The Kier molecular flexibility index (Phi) is 20.5. The summed E-state index contributed by atoms with van der Waals surface area (Å²) in [6.07, 6.45) is -14.1. The lowest BCUT2D eigenvalue weighted by atomic mass is 9.90. The number of esters is 1. The molecule has 1 atom stereocenters. The van der Waals surface area contributed by atoms with Crippen LogP contribution in [-0.4, -0.2) is 24.4 Å². The summed E-state index contributed by atoms with van der Waals surface area (Å²) >= 11 is 0. The second kappa shape index (κ2) is 16.0. The van der Waals surface area contributed by atoms with Crippen LogP contribution in [0.5, 0.6) is 0 Å². The van der Waals surface area contributed by atoms with E-state index in [1.165, 1.54) is 32.8 Å². The lowest BCUT2D eigenvalue weighted by Gasteiger charge is -2.27. The van der Waals surface area contributed by atoms with Crippen molar-refractivity contribution in [2.24, 2.45) is 5.41 Å². The van der Waals surface area contributed by atoms with Gasteiger partial charge in [-0.1, -0.05) is 80.8 Å². The second-order valence-electron chi connectivity index (χ2n) is 6.83. The Morgan fingerprint density at radius 1 is 0.871 bits per heavy atom. The average Bonchev–Trinajstić information content (AvgIpc) is 2.57. The lowest BCUT2D eigenvalue weighted by Crippen LogP contribution is -2.47. The summed E-state index contributed by atoms with van der Waals surface area (Å²) < 4.78 is 76.0. The molecule has 0 amide bonds. The molecule has 2 nitrogen and oxygen atoms in total. The van der Waals surface area contributed by atoms with E-state index >= 15 is 0 Å². The number of hydrogen-bond acceptors (Lipinski definition) is 2. The number of carbonyl (C=O) groups is 1. The van der Waals surface area contributed by atoms with Crippen molar-refractivity contribution in [2.45, 2.75) is 102 Å². The van der Waals surface area contributed by atoms with E-state index in [4.69, 9.17) is 0 Å². The van der Waals surface area contributed by atoms with Gasteiger partial charge in [0.25, 0.3) is 6.10 Å². The summed E-state index contributed by atoms with van der Waals surface area (Å²) in [4.78, 5) is 11.2. The van der Waals surface area contributed by atoms with E-state index in [0.29, 0.717) is 5.92 Å². The van der Waals surface area contributed by atoms with Crippen LogP contribution < -0.4 is 0 Å². The van der Waals surface area contributed by atoms with E-state index in [9.17, 15) is 31.1 Å². The fraction of sp³-hybridized carbons (Fsp3) is 0.696. The normalized spacial score (nSPS) is 11.9. The number of rotatable bonds is 5. The molecule has 0 aliphatic carbocycles. The highest BCUT2D eigenvalue weighted by Gasteiger charge is 2.60. The number of carbonyl (C=O) groups excluding carboxylic acids is 1. The Bertz CT molecular complexity index is 552. The van der Waals surface area contributed by atoms with Crippen LogP contribution >= 0.6 is 0 Å². The monoisotopic (exact) mass is 464 g/mol. The zero-order chi connectivity index (χ0) is 21.5. The van der Waals surface area contributed by atoms with Crippen molar-refractivity contribution in [3.8, 4) is 0 Å². The fourth-order valence-corrected chi connectivity index (χ4v) is 1.75. The van der Waals surface area contributed by atoms with Crippen LogP contribution in [-0.2, 0) is 9.53 Å². The molecule has 0 aromatic heterocycles. The first-order valence-corrected chi connectivity index (χ1v) is 8.56. The molecule has 1 unspecified atom stereocenters. The molecule has 0 fully saturated rings. The molecule has 0 spiro atoms. The molecule has 1 rings (SSSR count). The van der Waals surface area contributed by atoms with Crippen molar-refractivity contribution in [3.05, 3.63) is 35.9 Å². The Labute approximate surface area is 185 Å². The molecule has 1 aromatic carbocycles. The van der Waals surface area contributed by atoms with Crippen molar-refractivity contribution in [1.29, 1.82) is 0 Å². The minimum atomic E-state index is -5.67. The fourth-order valence-electron chi connectivity index (χ4n) is 1.75. The number of halogens is 6. The molecular formula is C23H42F6O2. The van der Waals surface area contributed by atoms with Crippen LogP contribution in [0.25, 0.3) is 0 Å². The number of benzene rings is 1. The van der Waals surface area contributed by atoms with Crippen LogP contribution in [0.1, 0.15) is 88.6 Å². The SMILES string of the molecule is C.C.C.C.CCC(C)(C)C(=O)OC(C(F)(F)F)C(F)(F)F.CCC(C)c1ccccc1. The summed E-state index contributed by atoms with van der Waals surface area (Å²) in [5, 5.41) is 0. The van der Waals surface area contributed by atoms with Crippen molar-refractivity contribution in [1.82, 2.24) is 0 Å². The topological polar surface area (TPSA) is 26.3 Å². The van der Waals surface area contributed by atoms with Gasteiger partial charge in [-0.2, -0.15) is 26.3 Å². The van der Waals surface area contributed by atoms with E-state index in [1.54, 1.807) is 0 Å². The van der Waals surface area contributed by atoms with Crippen LogP contribution in [0.4, 0.5) is 26.3 Å². The lowest BCUT2D eigenvalue weighted by molar-refractivity contribution is -0.315. The molecule has 31 heavy (non-hydrogen) atoms. The highest BCUT2D eigenvalue weighted by Crippen LogP contribution is 2.37. The molecule has 0 N–H and O–H groups in total. The maximum Gasteiger partial charge on any atom is 0.434 e. The molecule has 0 bridgehead atoms. The zero-order valence-corrected chi connectivity index (χ0v) is 16.0. The van der Waals surface area contributed by atoms with Gasteiger partial charge in [0, 0.05) is 0 Å². The van der Waals surface area contributed by atoms with Gasteiger partial charge in [-0.3, -0.25) is 4.79 Å². The molecule has 0 aliphatic heterocycles. The standard InChI is InChI=1S/C10H14.C9H12F6O2.4CH4/c1-3-9(2)10-7-5-4-6-8-10;1-4-7(2,3)6(16)17-5(8(10,11)12)9(13,14)15;;;;/h4-9H,3H2,1-2H3;5H,4H2,1-3H3;4*1H4. The zero-order valence-electron chi connectivity index (χ0n) is 16.0. The number of alkyl halides is 6. The highest BCUT2D eigenvalue weighted by atomic mass is 19.4. The van der Waals surface area contributed by atoms with Gasteiger partial charge in [0.15, 0.2) is 0 Å². The first-order valence-electron chi connectivity index (χ1n) is 8.56. The van der Waals surface area contributed by atoms with Crippen molar-refractivity contribution in [2.75, 3.05) is 0 Å². The molecule has 0 saturated heterocycles. The maximum absolute atomic E-state index is 12.1. The Hall–Kier alpha value is -1.73. The molecule has 0 aliphatic rings. The Morgan fingerprint density at radius 2 is 1.26 bits per heavy atom. The molecule has 0 radical (unpaired) electrons. The van der Waals surface area contributed by atoms with Gasteiger partial charge in [0.05, 0.1) is 5.41 Å². The quantitative estimate of drug-likeness (QED) is 0.321. The van der Waals surface area contributed by atoms with Gasteiger partial charge in [-0.25, -0.2) is 0 Å². The predicted octanol–water partition coefficient (Wildman–Crippen LogP) is 9.20. The highest BCUT2D eigenvalue weighted by molar-refractivity contribution is 5.76. The smallest absolute Gasteiger partial charge is 0.434 e. The van der Waals surface area contributed by atoms with Gasteiger partial charge in [-0.05, 0) is 38.2 Å². The van der Waals surface area contributed by atoms with Crippen LogP contribution in [0, 0.1) is 5.41 Å². The average molecular weight is 465 g/mol. The Morgan fingerprint density at radius 3 is 1.55 bits per heavy atom. The molecular weight excluding hydrogens is 422 g/mol. The number of hydrogen-bond donors (Lipinski definition) is 0. The summed E-state index contributed by atoms with van der Waals surface area (Å²) in [5.74, 6) is -0.819. The summed E-state index contributed by atoms with van der Waals surface area (Å²) in [7, 11) is 0. The minimum absolute atomic E-state index is 0. The van der Waals surface area contributed by atoms with Crippen molar-refractivity contribution >= 4 is 5.97 Å². The maximum atomic E-state index is 12.1. The van der Waals surface area contributed by atoms with Gasteiger partial charge < -0.3 is 4.74 Å². The molecule has 0 heterocycles. The van der Waals surface area contributed by atoms with Crippen LogP contribution in [0.15, 0.2) is 30.3 Å². The largest absolute Gasteiger partial charge is 0.442 e. The first-order chi connectivity index (χ1) is 12.2. The van der Waals surface area contributed by atoms with Crippen molar-refractivity contribution in [3.63, 3.8) is 0 Å². The van der Waals surface area contributed by atoms with E-state index in [1.807, 2.05) is 0 Å². The molecule has 0 saturated carbocycles. The van der Waals surface area contributed by atoms with E-state index in [-0.39, 0.29) is 36.1 Å². The third kappa shape index (κ3) is 14.0. The summed E-state index contributed by atoms with van der Waals surface area (Å²) in [5.41, 5.74) is 0.0550. The Balaban J connectivity index is -0.000000140. The molecule has 1 aromatic rings. The third-order valence-corrected chi connectivity index (χ3v) is 4.24. The number of ether oxygens (including phenoxy) is 1. The third-order valence-electron chi connectivity index (χ3n) is 4.24. The van der Waals surface area contributed by atoms with E-state index < -0.39 is 29.8 Å². The molecule has 188 valence electrons. The van der Waals surface area contributed by atoms with Crippen LogP contribution in [0.2, 0.25) is 0 Å².